The first-order valence-electron chi connectivity index (χ1n) is 7.08. The van der Waals surface area contributed by atoms with Gasteiger partial charge >= 0.3 is 5.97 Å². The smallest absolute Gasteiger partial charge is 0.356 e. The van der Waals surface area contributed by atoms with Gasteiger partial charge in [0.1, 0.15) is 23.6 Å². The minimum absolute atomic E-state index is 0.0766. The fourth-order valence-corrected chi connectivity index (χ4v) is 2.63. The number of carbonyl (C=O) groups excluding carboxylic acids is 1. The highest BCUT2D eigenvalue weighted by Crippen LogP contribution is 2.18. The molecule has 4 heterocycles. The summed E-state index contributed by atoms with van der Waals surface area (Å²) in [6.45, 7) is 0.0766. The van der Waals surface area contributed by atoms with Crippen LogP contribution in [-0.2, 0) is 11.3 Å². The summed E-state index contributed by atoms with van der Waals surface area (Å²) in [5, 5.41) is 6.68. The number of aromatic nitrogens is 4. The molecule has 8 heteroatoms. The lowest BCUT2D eigenvalue weighted by molar-refractivity contribution is 0.0461. The molecule has 0 unspecified atom stereocenters. The fourth-order valence-electron chi connectivity index (χ4n) is 2.28. The maximum Gasteiger partial charge on any atom is 0.356 e. The number of halogens is 1. The number of hydrogen-bond donors (Lipinski definition) is 1. The van der Waals surface area contributed by atoms with Crippen LogP contribution in [-0.4, -0.2) is 25.6 Å². The number of rotatable bonds is 4. The van der Waals surface area contributed by atoms with Crippen molar-refractivity contribution < 1.29 is 13.9 Å². The van der Waals surface area contributed by atoms with Crippen LogP contribution in [0.15, 0.2) is 57.9 Å². The lowest BCUT2D eigenvalue weighted by Crippen LogP contribution is -2.05. The van der Waals surface area contributed by atoms with Crippen molar-refractivity contribution >= 4 is 27.5 Å². The van der Waals surface area contributed by atoms with Crippen molar-refractivity contribution in [2.24, 2.45) is 0 Å². The predicted octanol–water partition coefficient (Wildman–Crippen LogP) is 3.44. The molecule has 1 N–H and O–H groups in total. The molecule has 0 aromatic carbocycles. The number of esters is 1. The molecule has 0 radical (unpaired) electrons. The maximum atomic E-state index is 12.1. The number of fused-ring (bicyclic) bond motifs is 1. The number of nitrogens with one attached hydrogen (secondary N) is 1. The normalized spacial score (nSPS) is 11.0. The Labute approximate surface area is 144 Å². The van der Waals surface area contributed by atoms with Crippen molar-refractivity contribution in [3.63, 3.8) is 0 Å². The monoisotopic (exact) mass is 386 g/mol. The Hall–Kier alpha value is -2.87. The number of furan rings is 1. The summed E-state index contributed by atoms with van der Waals surface area (Å²) < 4.78 is 13.3. The van der Waals surface area contributed by atoms with Crippen LogP contribution in [0.5, 0.6) is 0 Å². The van der Waals surface area contributed by atoms with Crippen molar-refractivity contribution in [3.8, 4) is 11.5 Å². The van der Waals surface area contributed by atoms with Crippen LogP contribution < -0.4 is 0 Å². The lowest BCUT2D eigenvalue weighted by atomic mass is 10.3. The Morgan fingerprint density at radius 3 is 3.08 bits per heavy atom. The number of pyridine rings is 1. The van der Waals surface area contributed by atoms with Gasteiger partial charge in [-0.25, -0.2) is 9.78 Å². The second-order valence-electron chi connectivity index (χ2n) is 5.07. The van der Waals surface area contributed by atoms with E-state index in [9.17, 15) is 4.79 Å². The van der Waals surface area contributed by atoms with E-state index in [0.29, 0.717) is 17.1 Å². The largest absolute Gasteiger partial charge is 0.463 e. The van der Waals surface area contributed by atoms with Crippen LogP contribution in [0, 0.1) is 0 Å². The first kappa shape index (κ1) is 14.7. The van der Waals surface area contributed by atoms with Crippen LogP contribution in [0.2, 0.25) is 0 Å². The molecular weight excluding hydrogens is 376 g/mol. The highest BCUT2D eigenvalue weighted by atomic mass is 79.9. The zero-order chi connectivity index (χ0) is 16.5. The Balaban J connectivity index is 1.46. The third-order valence-corrected chi connectivity index (χ3v) is 3.86. The molecule has 0 atom stereocenters. The summed E-state index contributed by atoms with van der Waals surface area (Å²) in [5.74, 6) is 0.0785. The number of hydrogen-bond acceptors (Lipinski definition) is 5. The van der Waals surface area contributed by atoms with Crippen LogP contribution in [0.25, 0.3) is 17.1 Å². The van der Waals surface area contributed by atoms with Gasteiger partial charge in [0.15, 0.2) is 5.76 Å². The van der Waals surface area contributed by atoms with Crippen LogP contribution in [0.4, 0.5) is 0 Å². The third kappa shape index (κ3) is 2.83. The minimum atomic E-state index is -0.501. The molecule has 0 saturated carbocycles. The number of nitrogens with zero attached hydrogens (tertiary/aromatic N) is 3. The van der Waals surface area contributed by atoms with Crippen LogP contribution in [0.3, 0.4) is 0 Å². The molecule has 120 valence electrons. The second-order valence-corrected chi connectivity index (χ2v) is 5.98. The van der Waals surface area contributed by atoms with Gasteiger partial charge in [0.2, 0.25) is 0 Å². The van der Waals surface area contributed by atoms with E-state index in [2.05, 4.69) is 31.1 Å². The van der Waals surface area contributed by atoms with Gasteiger partial charge in [-0.05, 0) is 40.2 Å². The molecule has 0 fully saturated rings. The summed E-state index contributed by atoms with van der Waals surface area (Å²) in [6.07, 6.45) is 5.25. The molecule has 4 aromatic rings. The molecule has 7 nitrogen and oxygen atoms in total. The standard InChI is InChI=1S/C16H11BrN4O3/c17-10-3-4-15-18-11(8-21(15)7-10)9-24-16(22)13-6-12(19-20-13)14-2-1-5-23-14/h1-8H,9H2,(H,19,20). The molecule has 0 aliphatic carbocycles. The zero-order valence-electron chi connectivity index (χ0n) is 12.3. The van der Waals surface area contributed by atoms with Gasteiger partial charge in [-0.15, -0.1) is 0 Å². The van der Waals surface area contributed by atoms with E-state index < -0.39 is 5.97 Å². The highest BCUT2D eigenvalue weighted by molar-refractivity contribution is 9.10. The van der Waals surface area contributed by atoms with E-state index in [1.807, 2.05) is 28.9 Å². The van der Waals surface area contributed by atoms with Gasteiger partial charge in [0.25, 0.3) is 0 Å². The van der Waals surface area contributed by atoms with Crippen molar-refractivity contribution in [1.29, 1.82) is 0 Å². The van der Waals surface area contributed by atoms with Crippen molar-refractivity contribution in [2.45, 2.75) is 6.61 Å². The van der Waals surface area contributed by atoms with Crippen LogP contribution >= 0.6 is 15.9 Å². The first-order valence-corrected chi connectivity index (χ1v) is 7.88. The van der Waals surface area contributed by atoms with E-state index in [4.69, 9.17) is 9.15 Å². The molecule has 0 bridgehead atoms. The second kappa shape index (κ2) is 5.97. The quantitative estimate of drug-likeness (QED) is 0.543. The summed E-state index contributed by atoms with van der Waals surface area (Å²) in [4.78, 5) is 16.5. The average molecular weight is 387 g/mol. The summed E-state index contributed by atoms with van der Waals surface area (Å²) in [5.41, 5.74) is 2.25. The molecule has 4 rings (SSSR count). The summed E-state index contributed by atoms with van der Waals surface area (Å²) >= 11 is 3.40. The topological polar surface area (TPSA) is 85.4 Å². The Morgan fingerprint density at radius 2 is 2.25 bits per heavy atom. The Kier molecular flexibility index (Phi) is 3.66. The van der Waals surface area contributed by atoms with E-state index in [-0.39, 0.29) is 12.3 Å². The van der Waals surface area contributed by atoms with E-state index in [1.165, 1.54) is 0 Å². The molecule has 0 aliphatic rings. The van der Waals surface area contributed by atoms with Gasteiger partial charge in [0.05, 0.1) is 12.0 Å². The zero-order valence-corrected chi connectivity index (χ0v) is 13.9. The first-order chi connectivity index (χ1) is 11.7. The third-order valence-electron chi connectivity index (χ3n) is 3.39. The van der Waals surface area contributed by atoms with Crippen molar-refractivity contribution in [3.05, 3.63) is 64.8 Å². The Morgan fingerprint density at radius 1 is 1.33 bits per heavy atom. The minimum Gasteiger partial charge on any atom is -0.463 e. The average Bonchev–Trinajstić information content (AvgIpc) is 3.30. The van der Waals surface area contributed by atoms with Gasteiger partial charge < -0.3 is 13.6 Å². The van der Waals surface area contributed by atoms with E-state index >= 15 is 0 Å². The molecule has 0 aliphatic heterocycles. The maximum absolute atomic E-state index is 12.1. The molecule has 0 saturated heterocycles. The van der Waals surface area contributed by atoms with Crippen molar-refractivity contribution in [1.82, 2.24) is 19.6 Å². The van der Waals surface area contributed by atoms with Crippen molar-refractivity contribution in [2.75, 3.05) is 0 Å². The number of H-pyrrole nitrogens is 1. The molecule has 4 aromatic heterocycles. The van der Waals surface area contributed by atoms with Gasteiger partial charge in [-0.2, -0.15) is 5.10 Å². The van der Waals surface area contributed by atoms with E-state index in [0.717, 1.165) is 10.1 Å². The number of aromatic amines is 1. The van der Waals surface area contributed by atoms with Crippen LogP contribution in [0.1, 0.15) is 16.2 Å². The number of ether oxygens (including phenoxy) is 1. The van der Waals surface area contributed by atoms with Gasteiger partial charge in [-0.3, -0.25) is 5.10 Å². The molecule has 24 heavy (non-hydrogen) atoms. The lowest BCUT2D eigenvalue weighted by Gasteiger charge is -1.99. The molecule has 0 spiro atoms. The van der Waals surface area contributed by atoms with E-state index in [1.54, 1.807) is 24.5 Å². The number of carbonyl (C=O) groups is 1. The SMILES string of the molecule is O=C(OCc1cn2cc(Br)ccc2n1)c1cc(-c2ccco2)n[nH]1. The highest BCUT2D eigenvalue weighted by Gasteiger charge is 2.14. The predicted molar refractivity (Wildman–Crippen MR) is 88.3 cm³/mol. The molecular formula is C16H11BrN4O3. The summed E-state index contributed by atoms with van der Waals surface area (Å²) in [6, 6.07) is 8.88. The summed E-state index contributed by atoms with van der Waals surface area (Å²) in [7, 11) is 0. The van der Waals surface area contributed by atoms with Gasteiger partial charge in [-0.1, -0.05) is 0 Å². The number of imidazole rings is 1. The van der Waals surface area contributed by atoms with Gasteiger partial charge in [0, 0.05) is 22.9 Å². The Bertz CT molecular complexity index is 1000. The molecule has 0 amide bonds. The fraction of sp³-hybridized carbons (Fsp3) is 0.0625.